The van der Waals surface area contributed by atoms with Gasteiger partial charge in [0.25, 0.3) is 0 Å². The second-order valence-electron chi connectivity index (χ2n) is 4.31. The maximum atomic E-state index is 5.75. The first kappa shape index (κ1) is 10.6. The maximum absolute atomic E-state index is 5.75. The predicted molar refractivity (Wildman–Crippen MR) is 70.9 cm³/mol. The van der Waals surface area contributed by atoms with E-state index in [4.69, 9.17) is 4.74 Å². The molecule has 0 fully saturated rings. The fourth-order valence-electron chi connectivity index (χ4n) is 1.90. The summed E-state index contributed by atoms with van der Waals surface area (Å²) < 4.78 is 5.75. The van der Waals surface area contributed by atoms with Crippen molar-refractivity contribution >= 4 is 17.0 Å². The van der Waals surface area contributed by atoms with Crippen molar-refractivity contribution in [3.63, 3.8) is 0 Å². The monoisotopic (exact) mass is 246 g/mol. The molecule has 3 rings (SSSR count). The van der Waals surface area contributed by atoms with E-state index in [0.717, 1.165) is 34.2 Å². The highest BCUT2D eigenvalue weighted by Crippen LogP contribution is 2.34. The molecule has 4 heteroatoms. The van der Waals surface area contributed by atoms with Crippen LogP contribution in [0, 0.1) is 6.92 Å². The molecule has 0 bridgehead atoms. The molecule has 1 aliphatic rings. The second kappa shape index (κ2) is 4.04. The van der Waals surface area contributed by atoms with Crippen molar-refractivity contribution in [1.82, 2.24) is 4.98 Å². The Balaban J connectivity index is 1.98. The van der Waals surface area contributed by atoms with Crippen molar-refractivity contribution < 1.29 is 4.74 Å². The van der Waals surface area contributed by atoms with Crippen LogP contribution >= 0.6 is 11.3 Å². The van der Waals surface area contributed by atoms with Crippen LogP contribution in [0.15, 0.2) is 23.6 Å². The van der Waals surface area contributed by atoms with Gasteiger partial charge >= 0.3 is 0 Å². The third kappa shape index (κ3) is 2.00. The summed E-state index contributed by atoms with van der Waals surface area (Å²) in [6.45, 7) is 4.93. The van der Waals surface area contributed by atoms with Gasteiger partial charge in [0.15, 0.2) is 0 Å². The summed E-state index contributed by atoms with van der Waals surface area (Å²) in [5, 5.41) is 6.51. The number of aromatic nitrogens is 1. The fourth-order valence-corrected chi connectivity index (χ4v) is 2.70. The van der Waals surface area contributed by atoms with Gasteiger partial charge in [-0.15, -0.1) is 11.3 Å². The van der Waals surface area contributed by atoms with Crippen LogP contribution in [-0.4, -0.2) is 17.6 Å². The molecule has 3 nitrogen and oxygen atoms in total. The minimum absolute atomic E-state index is 0.232. The maximum Gasteiger partial charge on any atom is 0.142 e. The van der Waals surface area contributed by atoms with E-state index in [9.17, 15) is 0 Å². The largest absolute Gasteiger partial charge is 0.487 e. The van der Waals surface area contributed by atoms with E-state index < -0.39 is 0 Å². The first-order chi connectivity index (χ1) is 8.22. The van der Waals surface area contributed by atoms with E-state index in [2.05, 4.69) is 34.7 Å². The van der Waals surface area contributed by atoms with Gasteiger partial charge in [-0.2, -0.15) is 0 Å². The molecular weight excluding hydrogens is 232 g/mol. The minimum atomic E-state index is 0.232. The lowest BCUT2D eigenvalue weighted by Crippen LogP contribution is -2.27. The third-order valence-electron chi connectivity index (χ3n) is 2.75. The molecule has 2 heterocycles. The minimum Gasteiger partial charge on any atom is -0.487 e. The third-order valence-corrected chi connectivity index (χ3v) is 3.76. The average molecular weight is 246 g/mol. The number of nitrogens with zero attached hydrogens (tertiary/aromatic N) is 1. The Labute approximate surface area is 104 Å². The van der Waals surface area contributed by atoms with Crippen LogP contribution < -0.4 is 10.1 Å². The van der Waals surface area contributed by atoms with Gasteiger partial charge in [0, 0.05) is 16.6 Å². The highest BCUT2D eigenvalue weighted by molar-refractivity contribution is 7.13. The molecule has 0 saturated carbocycles. The van der Waals surface area contributed by atoms with Crippen molar-refractivity contribution in [2.75, 3.05) is 11.9 Å². The fraction of sp³-hybridized carbons (Fsp3) is 0.308. The molecule has 1 unspecified atom stereocenters. The molecule has 0 saturated heterocycles. The van der Waals surface area contributed by atoms with E-state index in [-0.39, 0.29) is 6.10 Å². The standard InChI is InChI=1S/C13H14N2OS/c1-8-7-17-13(15-8)10-3-4-12-11(5-10)14-6-9(2)16-12/h3-5,7,9,14H,6H2,1-2H3. The molecule has 0 aliphatic carbocycles. The van der Waals surface area contributed by atoms with Crippen LogP contribution in [0.3, 0.4) is 0 Å². The Kier molecular flexibility index (Phi) is 2.52. The lowest BCUT2D eigenvalue weighted by Gasteiger charge is -2.25. The number of hydrogen-bond donors (Lipinski definition) is 1. The molecule has 1 aliphatic heterocycles. The molecule has 17 heavy (non-hydrogen) atoms. The van der Waals surface area contributed by atoms with Crippen molar-refractivity contribution in [3.05, 3.63) is 29.3 Å². The number of benzene rings is 1. The van der Waals surface area contributed by atoms with Crippen LogP contribution in [0.25, 0.3) is 10.6 Å². The van der Waals surface area contributed by atoms with Gasteiger partial charge < -0.3 is 10.1 Å². The zero-order valence-corrected chi connectivity index (χ0v) is 10.7. The van der Waals surface area contributed by atoms with E-state index in [1.807, 2.05) is 13.0 Å². The van der Waals surface area contributed by atoms with E-state index in [1.165, 1.54) is 0 Å². The summed E-state index contributed by atoms with van der Waals surface area (Å²) in [5.41, 5.74) is 3.28. The first-order valence-electron chi connectivity index (χ1n) is 5.69. The van der Waals surface area contributed by atoms with Crippen LogP contribution in [0.1, 0.15) is 12.6 Å². The smallest absolute Gasteiger partial charge is 0.142 e. The quantitative estimate of drug-likeness (QED) is 0.838. The predicted octanol–water partition coefficient (Wildman–Crippen LogP) is 3.31. The van der Waals surface area contributed by atoms with E-state index >= 15 is 0 Å². The summed E-state index contributed by atoms with van der Waals surface area (Å²) in [6.07, 6.45) is 0.232. The lowest BCUT2D eigenvalue weighted by atomic mass is 10.1. The van der Waals surface area contributed by atoms with Crippen LogP contribution in [0.5, 0.6) is 5.75 Å². The average Bonchev–Trinajstić information content (AvgIpc) is 2.75. The zero-order valence-electron chi connectivity index (χ0n) is 9.86. The molecule has 0 spiro atoms. The van der Waals surface area contributed by atoms with Gasteiger partial charge in [-0.3, -0.25) is 0 Å². The Morgan fingerprint density at radius 2 is 2.35 bits per heavy atom. The number of rotatable bonds is 1. The molecule has 1 atom stereocenters. The van der Waals surface area contributed by atoms with Crippen molar-refractivity contribution in [2.24, 2.45) is 0 Å². The zero-order chi connectivity index (χ0) is 11.8. The van der Waals surface area contributed by atoms with Gasteiger partial charge in [-0.1, -0.05) is 0 Å². The van der Waals surface area contributed by atoms with E-state index in [0.29, 0.717) is 0 Å². The normalized spacial score (nSPS) is 18.1. The van der Waals surface area contributed by atoms with Gasteiger partial charge in [-0.05, 0) is 32.0 Å². The van der Waals surface area contributed by atoms with Gasteiger partial charge in [0.05, 0.1) is 12.2 Å². The number of fused-ring (bicyclic) bond motifs is 1. The van der Waals surface area contributed by atoms with Crippen LogP contribution in [0.2, 0.25) is 0 Å². The number of ether oxygens (including phenoxy) is 1. The lowest BCUT2D eigenvalue weighted by molar-refractivity contribution is 0.226. The summed E-state index contributed by atoms with van der Waals surface area (Å²) in [4.78, 5) is 4.49. The number of aryl methyl sites for hydroxylation is 1. The van der Waals surface area contributed by atoms with Gasteiger partial charge in [-0.25, -0.2) is 4.98 Å². The van der Waals surface area contributed by atoms with Crippen molar-refractivity contribution in [3.8, 4) is 16.3 Å². The summed E-state index contributed by atoms with van der Waals surface area (Å²) in [7, 11) is 0. The number of anilines is 1. The SMILES string of the molecule is Cc1csc(-c2ccc3c(c2)NCC(C)O3)n1. The number of thiazole rings is 1. The summed E-state index contributed by atoms with van der Waals surface area (Å²) >= 11 is 1.67. The van der Waals surface area contributed by atoms with Crippen LogP contribution in [-0.2, 0) is 0 Å². The molecule has 0 radical (unpaired) electrons. The highest BCUT2D eigenvalue weighted by Gasteiger charge is 2.16. The van der Waals surface area contributed by atoms with Gasteiger partial charge in [0.1, 0.15) is 16.9 Å². The molecule has 1 N–H and O–H groups in total. The Hall–Kier alpha value is -1.55. The van der Waals surface area contributed by atoms with Crippen molar-refractivity contribution in [1.29, 1.82) is 0 Å². The molecule has 1 aromatic heterocycles. The molecule has 0 amide bonds. The number of nitrogens with one attached hydrogen (secondary N) is 1. The molecule has 1 aromatic carbocycles. The topological polar surface area (TPSA) is 34.1 Å². The number of hydrogen-bond acceptors (Lipinski definition) is 4. The molecular formula is C13H14N2OS. The summed E-state index contributed by atoms with van der Waals surface area (Å²) in [6, 6.07) is 6.19. The Bertz CT molecular complexity index is 550. The second-order valence-corrected chi connectivity index (χ2v) is 5.17. The first-order valence-corrected chi connectivity index (χ1v) is 6.57. The van der Waals surface area contributed by atoms with Crippen LogP contribution in [0.4, 0.5) is 5.69 Å². The summed E-state index contributed by atoms with van der Waals surface area (Å²) in [5.74, 6) is 0.931. The Morgan fingerprint density at radius 3 is 3.12 bits per heavy atom. The molecule has 2 aromatic rings. The van der Waals surface area contributed by atoms with Crippen molar-refractivity contribution in [2.45, 2.75) is 20.0 Å². The van der Waals surface area contributed by atoms with Gasteiger partial charge in [0.2, 0.25) is 0 Å². The van der Waals surface area contributed by atoms with E-state index in [1.54, 1.807) is 11.3 Å². The highest BCUT2D eigenvalue weighted by atomic mass is 32.1. The Morgan fingerprint density at radius 1 is 1.47 bits per heavy atom. The molecule has 88 valence electrons.